The van der Waals surface area contributed by atoms with Gasteiger partial charge in [-0.2, -0.15) is 0 Å². The number of hydrogen-bond acceptors (Lipinski definition) is 8. The summed E-state index contributed by atoms with van der Waals surface area (Å²) in [5, 5.41) is 0. The zero-order chi connectivity index (χ0) is 55.6. The van der Waals surface area contributed by atoms with Crippen LogP contribution in [-0.4, -0.2) is 70.0 Å². The van der Waals surface area contributed by atoms with Gasteiger partial charge in [-0.15, -0.1) is 0 Å². The van der Waals surface area contributed by atoms with Gasteiger partial charge in [-0.25, -0.2) is 0 Å². The third kappa shape index (κ3) is 59.9. The van der Waals surface area contributed by atoms with E-state index in [2.05, 4.69) is 123 Å². The third-order valence-corrected chi connectivity index (χ3v) is 13.7. The predicted octanol–water partition coefficient (Wildman–Crippen LogP) is 18.7. The van der Waals surface area contributed by atoms with Gasteiger partial charge in [-0.3, -0.25) is 14.2 Å². The summed E-state index contributed by atoms with van der Waals surface area (Å²) in [6.45, 7) is 4.09. The van der Waals surface area contributed by atoms with E-state index in [0.29, 0.717) is 17.4 Å². The zero-order valence-electron chi connectivity index (χ0n) is 49.4. The molecule has 2 unspecified atom stereocenters. The van der Waals surface area contributed by atoms with Gasteiger partial charge in [0.2, 0.25) is 0 Å². The Hall–Kier alpha value is -3.33. The average molecular weight is 1080 g/mol. The summed E-state index contributed by atoms with van der Waals surface area (Å²) in [6, 6.07) is 0. The summed E-state index contributed by atoms with van der Waals surface area (Å²) < 4.78 is 34.2. The molecule has 0 N–H and O–H groups in total. The number of phosphoric ester groups is 1. The number of allylic oxidation sites excluding steroid dienone is 18. The number of ether oxygens (including phenoxy) is 2. The van der Waals surface area contributed by atoms with Gasteiger partial charge >= 0.3 is 11.9 Å². The normalized spacial score (nSPS) is 14.0. The van der Waals surface area contributed by atoms with Crippen LogP contribution in [0.1, 0.15) is 245 Å². The van der Waals surface area contributed by atoms with E-state index in [0.717, 1.165) is 103 Å². The van der Waals surface area contributed by atoms with Crippen molar-refractivity contribution in [3.05, 3.63) is 109 Å². The minimum atomic E-state index is -4.65. The standard InChI is InChI=1S/C66H114NO8P/c1-6-8-10-12-14-16-18-20-22-24-26-28-30-32-33-35-37-39-41-43-45-47-49-51-53-55-57-59-66(69)75-64(63-74-76(70,71)73-61-60-67(3,4)5)62-72-65(68)58-56-54-52-50-48-46-44-42-40-38-36-34-31-29-27-25-23-21-19-17-15-13-11-9-7-2/h8,10,14,16,19-22,25-28,32-33,37,39,43,45,64H,6-7,9,11-13,15,17-18,23-24,29-31,34-36,38,40-42,44,46-63H2,1-5H3/b10-8-,16-14-,21-19-,22-20-,27-25-,28-26-,33-32-,39-37-,45-43-. The van der Waals surface area contributed by atoms with Crippen molar-refractivity contribution in [2.45, 2.75) is 251 Å². The monoisotopic (exact) mass is 1080 g/mol. The topological polar surface area (TPSA) is 111 Å². The Morgan fingerprint density at radius 1 is 0.421 bits per heavy atom. The number of esters is 2. The second-order valence-electron chi connectivity index (χ2n) is 21.3. The SMILES string of the molecule is CC/C=C\C/C=C\C/C=C\C/C=C\C/C=C\C/C=C\C/C=C\CCCCCCCC(=O)OC(COC(=O)CCCCCCCCCCCCCCC/C=C\C/C=C\CCCCCCC)COP(=O)([O-])OCC[N+](C)(C)C. The van der Waals surface area contributed by atoms with Gasteiger partial charge in [0, 0.05) is 12.8 Å². The maximum absolute atomic E-state index is 12.8. The molecule has 0 saturated carbocycles. The molecular weight excluding hydrogens is 966 g/mol. The van der Waals surface area contributed by atoms with E-state index < -0.39 is 32.5 Å². The molecule has 0 rings (SSSR count). The first kappa shape index (κ1) is 72.7. The van der Waals surface area contributed by atoms with Crippen LogP contribution in [-0.2, 0) is 32.7 Å². The Balaban J connectivity index is 4.22. The maximum atomic E-state index is 12.8. The Morgan fingerprint density at radius 3 is 1.12 bits per heavy atom. The van der Waals surface area contributed by atoms with Gasteiger partial charge in [-0.1, -0.05) is 239 Å². The van der Waals surface area contributed by atoms with Crippen molar-refractivity contribution in [1.82, 2.24) is 0 Å². The first-order valence-corrected chi connectivity index (χ1v) is 32.1. The van der Waals surface area contributed by atoms with Crippen molar-refractivity contribution in [3.63, 3.8) is 0 Å². The number of quaternary nitrogens is 1. The summed E-state index contributed by atoms with van der Waals surface area (Å²) in [6.07, 6.45) is 78.5. The molecule has 0 saturated heterocycles. The van der Waals surface area contributed by atoms with Crippen LogP contribution >= 0.6 is 7.82 Å². The molecule has 0 amide bonds. The number of hydrogen-bond donors (Lipinski definition) is 0. The number of likely N-dealkylation sites (N-methyl/N-ethyl adjacent to an activating group) is 1. The molecule has 0 heterocycles. The van der Waals surface area contributed by atoms with Crippen LogP contribution in [0, 0.1) is 0 Å². The number of nitrogens with zero attached hydrogens (tertiary/aromatic N) is 1. The van der Waals surface area contributed by atoms with Crippen molar-refractivity contribution in [3.8, 4) is 0 Å². The van der Waals surface area contributed by atoms with Crippen LogP contribution in [0.2, 0.25) is 0 Å². The highest BCUT2D eigenvalue weighted by Gasteiger charge is 2.22. The molecule has 0 aliphatic rings. The van der Waals surface area contributed by atoms with E-state index >= 15 is 0 Å². The molecule has 0 bridgehead atoms. The van der Waals surface area contributed by atoms with Crippen LogP contribution in [0.15, 0.2) is 109 Å². The second kappa shape index (κ2) is 56.4. The van der Waals surface area contributed by atoms with Gasteiger partial charge < -0.3 is 27.9 Å². The highest BCUT2D eigenvalue weighted by molar-refractivity contribution is 7.45. The molecule has 0 spiro atoms. The fourth-order valence-corrected chi connectivity index (χ4v) is 8.81. The minimum Gasteiger partial charge on any atom is -0.756 e. The quantitative estimate of drug-likeness (QED) is 0.0195. The zero-order valence-corrected chi connectivity index (χ0v) is 50.3. The first-order valence-electron chi connectivity index (χ1n) is 30.6. The lowest BCUT2D eigenvalue weighted by Gasteiger charge is -2.28. The van der Waals surface area contributed by atoms with Crippen LogP contribution in [0.25, 0.3) is 0 Å². The fraction of sp³-hybridized carbons (Fsp3) is 0.697. The first-order chi connectivity index (χ1) is 37.0. The summed E-state index contributed by atoms with van der Waals surface area (Å²) >= 11 is 0. The molecule has 76 heavy (non-hydrogen) atoms. The van der Waals surface area contributed by atoms with Crippen LogP contribution in [0.5, 0.6) is 0 Å². The predicted molar refractivity (Wildman–Crippen MR) is 323 cm³/mol. The summed E-state index contributed by atoms with van der Waals surface area (Å²) in [7, 11) is 1.14. The number of phosphoric acid groups is 1. The summed E-state index contributed by atoms with van der Waals surface area (Å²) in [5.41, 5.74) is 0. The molecule has 436 valence electrons. The lowest BCUT2D eigenvalue weighted by molar-refractivity contribution is -0.870. The van der Waals surface area contributed by atoms with Gasteiger partial charge in [0.15, 0.2) is 6.10 Å². The second-order valence-corrected chi connectivity index (χ2v) is 22.7. The fourth-order valence-electron chi connectivity index (χ4n) is 8.08. The van der Waals surface area contributed by atoms with E-state index in [1.165, 1.54) is 109 Å². The molecule has 10 heteroatoms. The molecule has 0 aromatic carbocycles. The van der Waals surface area contributed by atoms with Crippen molar-refractivity contribution in [1.29, 1.82) is 0 Å². The lowest BCUT2D eigenvalue weighted by atomic mass is 10.0. The molecule has 0 aromatic heterocycles. The van der Waals surface area contributed by atoms with E-state index in [-0.39, 0.29) is 26.1 Å². The van der Waals surface area contributed by atoms with Gasteiger partial charge in [0.1, 0.15) is 19.8 Å². The molecule has 0 aromatic rings. The van der Waals surface area contributed by atoms with E-state index in [4.69, 9.17) is 18.5 Å². The van der Waals surface area contributed by atoms with Crippen LogP contribution in [0.4, 0.5) is 0 Å². The smallest absolute Gasteiger partial charge is 0.306 e. The number of carbonyl (C=O) groups is 2. The van der Waals surface area contributed by atoms with Crippen molar-refractivity contribution in [2.24, 2.45) is 0 Å². The minimum absolute atomic E-state index is 0.0405. The molecule has 0 aliphatic heterocycles. The third-order valence-electron chi connectivity index (χ3n) is 12.8. The number of carbonyl (C=O) groups excluding carboxylic acids is 2. The van der Waals surface area contributed by atoms with Gasteiger partial charge in [-0.05, 0) is 103 Å². The lowest BCUT2D eigenvalue weighted by Crippen LogP contribution is -2.37. The van der Waals surface area contributed by atoms with Gasteiger partial charge in [0.25, 0.3) is 7.82 Å². The Morgan fingerprint density at radius 2 is 0.750 bits per heavy atom. The van der Waals surface area contributed by atoms with Crippen molar-refractivity contribution < 1.29 is 42.1 Å². The summed E-state index contributed by atoms with van der Waals surface area (Å²) in [4.78, 5) is 37.9. The summed E-state index contributed by atoms with van der Waals surface area (Å²) in [5.74, 6) is -0.859. The maximum Gasteiger partial charge on any atom is 0.306 e. The van der Waals surface area contributed by atoms with Crippen LogP contribution < -0.4 is 4.89 Å². The van der Waals surface area contributed by atoms with E-state index in [9.17, 15) is 19.0 Å². The van der Waals surface area contributed by atoms with Crippen LogP contribution in [0.3, 0.4) is 0 Å². The van der Waals surface area contributed by atoms with E-state index in [1.807, 2.05) is 21.1 Å². The Bertz CT molecular complexity index is 1650. The molecular formula is C66H114NO8P. The largest absolute Gasteiger partial charge is 0.756 e. The molecule has 0 fully saturated rings. The molecule has 0 radical (unpaired) electrons. The van der Waals surface area contributed by atoms with Gasteiger partial charge in [0.05, 0.1) is 27.7 Å². The molecule has 9 nitrogen and oxygen atoms in total. The number of rotatable bonds is 55. The average Bonchev–Trinajstić information content (AvgIpc) is 3.38. The Labute approximate surface area is 467 Å². The molecule has 2 atom stereocenters. The Kier molecular flexibility index (Phi) is 53.9. The van der Waals surface area contributed by atoms with Crippen molar-refractivity contribution in [2.75, 3.05) is 47.5 Å². The van der Waals surface area contributed by atoms with Crippen molar-refractivity contribution >= 4 is 19.8 Å². The molecule has 0 aliphatic carbocycles. The highest BCUT2D eigenvalue weighted by Crippen LogP contribution is 2.38. The number of unbranched alkanes of at least 4 members (excludes halogenated alkanes) is 23. The highest BCUT2D eigenvalue weighted by atomic mass is 31.2. The van der Waals surface area contributed by atoms with E-state index in [1.54, 1.807) is 0 Å².